The molecule has 0 aromatic carbocycles. The monoisotopic (exact) mass is 1370 g/mol. The predicted octanol–water partition coefficient (Wildman–Crippen LogP) is 21.6. The fourth-order valence-corrected chi connectivity index (χ4v) is 12.8. The van der Waals surface area contributed by atoms with Crippen LogP contribution in [0.25, 0.3) is 0 Å². The SMILES string of the molecule is CCCCCCCCCCCCCCCC(=O)OC[C@H](COP(=O)(O)OC[C@@H](O)COP(=O)(O)OC[C@@H](COC(=O)CCCCCCCCCCC)OC(=O)CCCCCCCCC(C)CC)OC(=O)CCCCCCCCCCCCCCCCCCCCC(C)C. The fourth-order valence-electron chi connectivity index (χ4n) is 11.3. The first kappa shape index (κ1) is 91.1. The number of ether oxygens (including phenoxy) is 4. The summed E-state index contributed by atoms with van der Waals surface area (Å²) in [5, 5.41) is 10.6. The van der Waals surface area contributed by atoms with Crippen molar-refractivity contribution in [2.75, 3.05) is 39.6 Å². The van der Waals surface area contributed by atoms with Crippen LogP contribution in [0.2, 0.25) is 0 Å². The molecule has 0 aromatic heterocycles. The van der Waals surface area contributed by atoms with Crippen LogP contribution >= 0.6 is 15.6 Å². The van der Waals surface area contributed by atoms with Crippen molar-refractivity contribution in [1.29, 1.82) is 0 Å². The molecule has 0 rings (SSSR count). The van der Waals surface area contributed by atoms with Crippen LogP contribution in [0.5, 0.6) is 0 Å². The second-order valence-electron chi connectivity index (χ2n) is 27.4. The smallest absolute Gasteiger partial charge is 0.462 e. The third kappa shape index (κ3) is 67.0. The Labute approximate surface area is 568 Å². The normalized spacial score (nSPS) is 14.3. The molecular formula is C74H144O17P2. The maximum Gasteiger partial charge on any atom is 0.472 e. The summed E-state index contributed by atoms with van der Waals surface area (Å²) >= 11 is 0. The van der Waals surface area contributed by atoms with E-state index in [-0.39, 0.29) is 25.7 Å². The Morgan fingerprint density at radius 3 is 0.817 bits per heavy atom. The molecule has 0 aliphatic carbocycles. The van der Waals surface area contributed by atoms with Crippen LogP contribution in [-0.2, 0) is 65.4 Å². The van der Waals surface area contributed by atoms with E-state index in [9.17, 15) is 43.2 Å². The highest BCUT2D eigenvalue weighted by Crippen LogP contribution is 2.45. The molecule has 0 aromatic rings. The summed E-state index contributed by atoms with van der Waals surface area (Å²) in [7, 11) is -9.90. The number of carbonyl (C=O) groups is 4. The van der Waals surface area contributed by atoms with E-state index in [2.05, 4.69) is 41.5 Å². The van der Waals surface area contributed by atoms with Crippen LogP contribution in [0.4, 0.5) is 0 Å². The van der Waals surface area contributed by atoms with E-state index in [1.807, 2.05) is 0 Å². The number of phosphoric ester groups is 2. The van der Waals surface area contributed by atoms with Crippen LogP contribution in [0.3, 0.4) is 0 Å². The van der Waals surface area contributed by atoms with Crippen molar-refractivity contribution < 1.29 is 80.2 Å². The third-order valence-electron chi connectivity index (χ3n) is 17.6. The fraction of sp³-hybridized carbons (Fsp3) is 0.946. The lowest BCUT2D eigenvalue weighted by Crippen LogP contribution is -2.30. The summed E-state index contributed by atoms with van der Waals surface area (Å²) in [6.07, 6.45) is 52.8. The number of hydrogen-bond acceptors (Lipinski definition) is 15. The quantitative estimate of drug-likeness (QED) is 0.0222. The first-order chi connectivity index (χ1) is 44.9. The first-order valence-corrected chi connectivity index (χ1v) is 41.5. The van der Waals surface area contributed by atoms with E-state index in [0.29, 0.717) is 25.7 Å². The summed E-state index contributed by atoms with van der Waals surface area (Å²) in [4.78, 5) is 72.6. The number of hydrogen-bond donors (Lipinski definition) is 3. The molecule has 3 N–H and O–H groups in total. The van der Waals surface area contributed by atoms with Crippen molar-refractivity contribution in [3.8, 4) is 0 Å². The second kappa shape index (κ2) is 66.0. The molecule has 93 heavy (non-hydrogen) atoms. The maximum absolute atomic E-state index is 13.1. The van der Waals surface area contributed by atoms with E-state index in [1.54, 1.807) is 0 Å². The number of aliphatic hydroxyl groups excluding tert-OH is 1. The Morgan fingerprint density at radius 2 is 0.548 bits per heavy atom. The Balaban J connectivity index is 5.18. The van der Waals surface area contributed by atoms with Crippen LogP contribution in [-0.4, -0.2) is 96.7 Å². The van der Waals surface area contributed by atoms with Crippen molar-refractivity contribution >= 4 is 39.5 Å². The minimum atomic E-state index is -4.95. The van der Waals surface area contributed by atoms with Gasteiger partial charge in [-0.05, 0) is 37.5 Å². The molecular weight excluding hydrogens is 1220 g/mol. The van der Waals surface area contributed by atoms with Gasteiger partial charge in [0, 0.05) is 25.7 Å². The van der Waals surface area contributed by atoms with Crippen molar-refractivity contribution in [1.82, 2.24) is 0 Å². The molecule has 0 spiro atoms. The first-order valence-electron chi connectivity index (χ1n) is 38.5. The molecule has 0 saturated carbocycles. The molecule has 0 aliphatic rings. The molecule has 0 aliphatic heterocycles. The number of esters is 4. The van der Waals surface area contributed by atoms with E-state index < -0.39 is 97.5 Å². The lowest BCUT2D eigenvalue weighted by Gasteiger charge is -2.21. The van der Waals surface area contributed by atoms with Gasteiger partial charge in [0.2, 0.25) is 0 Å². The standard InChI is InChI=1S/C74H144O17P2/c1-7-10-12-14-16-18-19-26-30-34-38-45-51-57-72(77)85-62-69(90-73(78)58-52-46-39-35-31-28-25-23-21-20-22-24-27-29-33-36-42-48-54-66(4)5)64-88-92(80,81)86-60-68(75)61-87-93(82,83)89-65-70(63-84-71(76)56-50-44-37-32-17-15-13-11-8-2)91-74(79)59-53-47-41-40-43-49-55-67(6)9-3/h66-70,75H,7-65H2,1-6H3,(H,80,81)(H,82,83)/t67?,68-,69-,70-/m1/s1. The van der Waals surface area contributed by atoms with Crippen molar-refractivity contribution in [3.63, 3.8) is 0 Å². The Hall–Kier alpha value is -1.94. The van der Waals surface area contributed by atoms with Gasteiger partial charge in [0.25, 0.3) is 0 Å². The lowest BCUT2D eigenvalue weighted by molar-refractivity contribution is -0.161. The van der Waals surface area contributed by atoms with Crippen LogP contribution in [0, 0.1) is 11.8 Å². The maximum atomic E-state index is 13.1. The van der Waals surface area contributed by atoms with Gasteiger partial charge in [-0.1, -0.05) is 330 Å². The van der Waals surface area contributed by atoms with Gasteiger partial charge in [0.15, 0.2) is 12.2 Å². The summed E-state index contributed by atoms with van der Waals surface area (Å²) < 4.78 is 68.3. The Morgan fingerprint density at radius 1 is 0.312 bits per heavy atom. The van der Waals surface area contributed by atoms with Gasteiger partial charge in [0.1, 0.15) is 19.3 Å². The van der Waals surface area contributed by atoms with Gasteiger partial charge in [-0.2, -0.15) is 0 Å². The highest BCUT2D eigenvalue weighted by molar-refractivity contribution is 7.47. The minimum absolute atomic E-state index is 0.103. The zero-order valence-electron chi connectivity index (χ0n) is 60.6. The average molecular weight is 1370 g/mol. The van der Waals surface area contributed by atoms with E-state index in [0.717, 1.165) is 102 Å². The molecule has 0 saturated heterocycles. The third-order valence-corrected chi connectivity index (χ3v) is 19.5. The lowest BCUT2D eigenvalue weighted by atomic mass is 10.00. The van der Waals surface area contributed by atoms with Crippen LogP contribution < -0.4 is 0 Å². The Bertz CT molecular complexity index is 1810. The number of aliphatic hydroxyl groups is 1. The van der Waals surface area contributed by atoms with Crippen LogP contribution in [0.15, 0.2) is 0 Å². The van der Waals surface area contributed by atoms with Crippen molar-refractivity contribution in [2.45, 2.75) is 400 Å². The summed E-state index contributed by atoms with van der Waals surface area (Å²) in [6.45, 7) is 9.55. The topological polar surface area (TPSA) is 237 Å². The molecule has 6 atom stereocenters. The highest BCUT2D eigenvalue weighted by atomic mass is 31.2. The molecule has 3 unspecified atom stereocenters. The number of unbranched alkanes of at least 4 members (excludes halogenated alkanes) is 42. The summed E-state index contributed by atoms with van der Waals surface area (Å²) in [5.41, 5.74) is 0. The molecule has 0 heterocycles. The van der Waals surface area contributed by atoms with Gasteiger partial charge in [0.05, 0.1) is 26.4 Å². The molecule has 19 heteroatoms. The Kier molecular flexibility index (Phi) is 64.6. The molecule has 0 amide bonds. The summed E-state index contributed by atoms with van der Waals surface area (Å²) in [6, 6.07) is 0. The number of rotatable bonds is 73. The number of carbonyl (C=O) groups excluding carboxylic acids is 4. The van der Waals surface area contributed by atoms with Gasteiger partial charge in [-0.3, -0.25) is 37.3 Å². The zero-order valence-corrected chi connectivity index (χ0v) is 62.3. The van der Waals surface area contributed by atoms with E-state index in [1.165, 1.54) is 199 Å². The molecule has 0 radical (unpaired) electrons. The second-order valence-corrected chi connectivity index (χ2v) is 30.3. The van der Waals surface area contributed by atoms with Crippen molar-refractivity contribution in [3.05, 3.63) is 0 Å². The molecule has 0 fully saturated rings. The zero-order chi connectivity index (χ0) is 68.6. The predicted molar refractivity (Wildman–Crippen MR) is 377 cm³/mol. The van der Waals surface area contributed by atoms with Gasteiger partial charge < -0.3 is 33.8 Å². The average Bonchev–Trinajstić information content (AvgIpc) is 3.10. The minimum Gasteiger partial charge on any atom is -0.462 e. The number of phosphoric acid groups is 2. The van der Waals surface area contributed by atoms with E-state index in [4.69, 9.17) is 37.0 Å². The van der Waals surface area contributed by atoms with Crippen molar-refractivity contribution in [2.24, 2.45) is 11.8 Å². The molecule has 0 bridgehead atoms. The van der Waals surface area contributed by atoms with Crippen LogP contribution in [0.1, 0.15) is 382 Å². The summed E-state index contributed by atoms with van der Waals surface area (Å²) in [5.74, 6) is -0.581. The van der Waals surface area contributed by atoms with E-state index >= 15 is 0 Å². The van der Waals surface area contributed by atoms with Gasteiger partial charge >= 0.3 is 39.5 Å². The molecule has 552 valence electrons. The highest BCUT2D eigenvalue weighted by Gasteiger charge is 2.30. The van der Waals surface area contributed by atoms with Gasteiger partial charge in [-0.25, -0.2) is 9.13 Å². The van der Waals surface area contributed by atoms with Gasteiger partial charge in [-0.15, -0.1) is 0 Å². The molecule has 17 nitrogen and oxygen atoms in total. The largest absolute Gasteiger partial charge is 0.472 e.